The summed E-state index contributed by atoms with van der Waals surface area (Å²) in [5.74, 6) is -1.28. The first-order chi connectivity index (χ1) is 13.4. The van der Waals surface area contributed by atoms with Gasteiger partial charge in [0.05, 0.1) is 32.5 Å². The molecule has 0 spiro atoms. The maximum atomic E-state index is 13.6. The summed E-state index contributed by atoms with van der Waals surface area (Å²) in [4.78, 5) is 25.5. The normalized spacial score (nSPS) is 12.0. The molecular weight excluding hydrogens is 547 g/mol. The van der Waals surface area contributed by atoms with E-state index in [9.17, 15) is 27.2 Å². The van der Waals surface area contributed by atoms with Crippen molar-refractivity contribution < 1.29 is 22.4 Å². The highest BCUT2D eigenvalue weighted by Gasteiger charge is 2.29. The number of carbonyl (C=O) groups is 1. The zero-order valence-corrected chi connectivity index (χ0v) is 18.5. The van der Waals surface area contributed by atoms with Gasteiger partial charge in [-0.05, 0) is 56.1 Å². The molecule has 4 nitrogen and oxygen atoms in total. The third-order valence-electron chi connectivity index (χ3n) is 4.34. The molecule has 1 aromatic heterocycles. The van der Waals surface area contributed by atoms with Crippen LogP contribution in [0.1, 0.15) is 22.3 Å². The van der Waals surface area contributed by atoms with Crippen LogP contribution in [0.4, 0.5) is 17.6 Å². The predicted molar refractivity (Wildman–Crippen MR) is 108 cm³/mol. The zero-order chi connectivity index (χ0) is 21.7. The van der Waals surface area contributed by atoms with Crippen LogP contribution in [0, 0.1) is 5.82 Å². The quantitative estimate of drug-likeness (QED) is 0.298. The summed E-state index contributed by atoms with van der Waals surface area (Å²) >= 11 is 12.5. The lowest BCUT2D eigenvalue weighted by Crippen LogP contribution is -2.24. The van der Waals surface area contributed by atoms with Gasteiger partial charge in [0, 0.05) is 23.6 Å². The molecule has 0 aliphatic heterocycles. The molecule has 0 fully saturated rings. The number of aryl methyl sites for hydroxylation is 2. The van der Waals surface area contributed by atoms with Gasteiger partial charge in [-0.3, -0.25) is 13.9 Å². The summed E-state index contributed by atoms with van der Waals surface area (Å²) in [5.41, 5.74) is -0.244. The number of ketones is 1. The number of hydrogen-bond donors (Lipinski definition) is 0. The van der Waals surface area contributed by atoms with Gasteiger partial charge in [-0.2, -0.15) is 13.2 Å². The van der Waals surface area contributed by atoms with Gasteiger partial charge in [0.15, 0.2) is 5.78 Å². The average Bonchev–Trinajstić information content (AvgIpc) is 2.85. The second kappa shape index (κ2) is 7.88. The van der Waals surface area contributed by atoms with Crippen molar-refractivity contribution in [1.82, 2.24) is 9.13 Å². The minimum absolute atomic E-state index is 0.0342. The summed E-state index contributed by atoms with van der Waals surface area (Å²) in [7, 11) is 1.39. The molecule has 0 unspecified atom stereocenters. The van der Waals surface area contributed by atoms with E-state index >= 15 is 0 Å². The number of benzene rings is 2. The van der Waals surface area contributed by atoms with E-state index in [-0.39, 0.29) is 36.1 Å². The molecule has 0 atom stereocenters. The molecule has 29 heavy (non-hydrogen) atoms. The number of alkyl halides is 3. The number of fused-ring (bicyclic) bond motifs is 1. The molecule has 0 amide bonds. The van der Waals surface area contributed by atoms with Crippen LogP contribution in [-0.2, 0) is 13.6 Å². The predicted octanol–water partition coefficient (Wildman–Crippen LogP) is 5.84. The largest absolute Gasteiger partial charge is 0.390 e. The number of halogens is 7. The van der Waals surface area contributed by atoms with Crippen LogP contribution in [0.2, 0.25) is 5.02 Å². The van der Waals surface area contributed by atoms with Crippen LogP contribution in [0.5, 0.6) is 0 Å². The van der Waals surface area contributed by atoms with E-state index in [0.717, 1.165) is 21.3 Å². The van der Waals surface area contributed by atoms with Gasteiger partial charge in [0.25, 0.3) is 0 Å². The average molecular weight is 559 g/mol. The minimum atomic E-state index is -4.43. The highest BCUT2D eigenvalue weighted by atomic mass is 79.9. The van der Waals surface area contributed by atoms with Gasteiger partial charge in [0.1, 0.15) is 5.82 Å². The summed E-state index contributed by atoms with van der Waals surface area (Å²) in [6.45, 7) is -0.568. The molecule has 3 rings (SSSR count). The van der Waals surface area contributed by atoms with Gasteiger partial charge < -0.3 is 0 Å². The lowest BCUT2D eigenvalue weighted by Gasteiger charge is -2.11. The van der Waals surface area contributed by atoms with Crippen LogP contribution < -0.4 is 5.69 Å². The second-order valence-electron chi connectivity index (χ2n) is 6.23. The van der Waals surface area contributed by atoms with Gasteiger partial charge in [-0.15, -0.1) is 0 Å². The Bertz CT molecular complexity index is 1200. The van der Waals surface area contributed by atoms with Gasteiger partial charge in [-0.25, -0.2) is 9.18 Å². The zero-order valence-electron chi connectivity index (χ0n) is 14.6. The molecule has 2 aromatic carbocycles. The van der Waals surface area contributed by atoms with Crippen LogP contribution in [0.3, 0.4) is 0 Å². The van der Waals surface area contributed by atoms with Crippen molar-refractivity contribution in [1.29, 1.82) is 0 Å². The lowest BCUT2D eigenvalue weighted by molar-refractivity contribution is -0.136. The van der Waals surface area contributed by atoms with E-state index < -0.39 is 36.4 Å². The Morgan fingerprint density at radius 1 is 1.21 bits per heavy atom. The summed E-state index contributed by atoms with van der Waals surface area (Å²) in [5, 5.41) is 0.0342. The summed E-state index contributed by atoms with van der Waals surface area (Å²) in [6.07, 6.45) is -5.61. The van der Waals surface area contributed by atoms with Crippen molar-refractivity contribution in [2.45, 2.75) is 19.1 Å². The number of hydrogen-bond acceptors (Lipinski definition) is 2. The first-order valence-electron chi connectivity index (χ1n) is 8.06. The van der Waals surface area contributed by atoms with Crippen molar-refractivity contribution >= 4 is 60.3 Å². The van der Waals surface area contributed by atoms with Crippen molar-refractivity contribution in [3.8, 4) is 0 Å². The lowest BCUT2D eigenvalue weighted by atomic mass is 10.0. The Hall–Kier alpha value is -1.65. The Morgan fingerprint density at radius 2 is 1.86 bits per heavy atom. The first-order valence-corrected chi connectivity index (χ1v) is 10.0. The molecule has 154 valence electrons. The van der Waals surface area contributed by atoms with Gasteiger partial charge >= 0.3 is 11.9 Å². The standard InChI is InChI=1S/C18H11Br2ClF4N2O2/c1-26-15-12(27(17(26)29)5-4-18(23,24)25)7-10(19)13(14(15)20)16(28)9-6-8(22)2-3-11(9)21/h2-3,6-7H,4-5H2,1H3. The number of carbonyl (C=O) groups excluding carboxylic acids is 1. The number of aromatic nitrogens is 2. The van der Waals surface area contributed by atoms with Gasteiger partial charge in [-0.1, -0.05) is 11.6 Å². The number of nitrogens with zero attached hydrogens (tertiary/aromatic N) is 2. The maximum Gasteiger partial charge on any atom is 0.390 e. The molecule has 0 radical (unpaired) electrons. The Kier molecular flexibility index (Phi) is 5.99. The van der Waals surface area contributed by atoms with Crippen LogP contribution in [0.25, 0.3) is 11.0 Å². The summed E-state index contributed by atoms with van der Waals surface area (Å²) in [6, 6.07) is 4.73. The molecular formula is C18H11Br2ClF4N2O2. The highest BCUT2D eigenvalue weighted by molar-refractivity contribution is 9.11. The van der Waals surface area contributed by atoms with E-state index in [1.54, 1.807) is 0 Å². The van der Waals surface area contributed by atoms with E-state index in [1.807, 2.05) is 0 Å². The van der Waals surface area contributed by atoms with Crippen molar-refractivity contribution in [3.05, 3.63) is 65.7 Å². The molecule has 11 heteroatoms. The van der Waals surface area contributed by atoms with Crippen LogP contribution in [0.15, 0.2) is 38.0 Å². The number of rotatable bonds is 4. The van der Waals surface area contributed by atoms with Crippen molar-refractivity contribution in [3.63, 3.8) is 0 Å². The summed E-state index contributed by atoms with van der Waals surface area (Å²) < 4.78 is 54.0. The monoisotopic (exact) mass is 556 g/mol. The molecule has 0 bridgehead atoms. The first kappa shape index (κ1) is 22.0. The molecule has 0 N–H and O–H groups in total. The fourth-order valence-corrected chi connectivity index (χ4v) is 4.90. The third-order valence-corrected chi connectivity index (χ3v) is 6.06. The molecule has 0 aliphatic rings. The molecule has 0 saturated heterocycles. The molecule has 0 saturated carbocycles. The smallest absolute Gasteiger partial charge is 0.294 e. The Balaban J connectivity index is 2.22. The minimum Gasteiger partial charge on any atom is -0.294 e. The maximum absolute atomic E-state index is 13.6. The topological polar surface area (TPSA) is 44.0 Å². The van der Waals surface area contributed by atoms with Crippen LogP contribution >= 0.6 is 43.5 Å². The van der Waals surface area contributed by atoms with Crippen molar-refractivity contribution in [2.75, 3.05) is 0 Å². The fraction of sp³-hybridized carbons (Fsp3) is 0.222. The van der Waals surface area contributed by atoms with E-state index in [2.05, 4.69) is 31.9 Å². The van der Waals surface area contributed by atoms with Crippen LogP contribution in [-0.4, -0.2) is 21.1 Å². The third kappa shape index (κ3) is 4.15. The molecule has 1 heterocycles. The highest BCUT2D eigenvalue weighted by Crippen LogP contribution is 2.36. The van der Waals surface area contributed by atoms with Gasteiger partial charge in [0.2, 0.25) is 0 Å². The number of imidazole rings is 1. The van der Waals surface area contributed by atoms with E-state index in [4.69, 9.17) is 11.6 Å². The van der Waals surface area contributed by atoms with E-state index in [1.165, 1.54) is 19.2 Å². The van der Waals surface area contributed by atoms with Crippen molar-refractivity contribution in [2.24, 2.45) is 7.05 Å². The second-order valence-corrected chi connectivity index (χ2v) is 8.28. The Morgan fingerprint density at radius 3 is 2.48 bits per heavy atom. The Labute approximate surface area is 183 Å². The van der Waals surface area contributed by atoms with E-state index in [0.29, 0.717) is 0 Å². The fourth-order valence-electron chi connectivity index (χ4n) is 2.97. The molecule has 0 aliphatic carbocycles. The SMILES string of the molecule is Cn1c(=O)n(CCC(F)(F)F)c2cc(Br)c(C(=O)c3cc(F)ccc3Cl)c(Br)c21. The molecule has 3 aromatic rings.